The average molecular weight is 563 g/mol. The molecule has 3 aliphatic heterocycles. The molecular weight excluding hydrogens is 520 g/mol. The van der Waals surface area contributed by atoms with Gasteiger partial charge in [-0.1, -0.05) is 13.3 Å². The first-order valence-electron chi connectivity index (χ1n) is 14.0. The van der Waals surface area contributed by atoms with Gasteiger partial charge in [-0.3, -0.25) is 0 Å². The molecule has 16 atom stereocenters. The van der Waals surface area contributed by atoms with Gasteiger partial charge in [0.1, 0.15) is 42.7 Å². The van der Waals surface area contributed by atoms with E-state index in [-0.39, 0.29) is 17.8 Å². The summed E-state index contributed by atoms with van der Waals surface area (Å²) in [6.07, 6.45) is -10.7. The van der Waals surface area contributed by atoms with E-state index >= 15 is 0 Å². The van der Waals surface area contributed by atoms with Gasteiger partial charge in [0.2, 0.25) is 0 Å². The molecule has 0 spiro atoms. The van der Waals surface area contributed by atoms with Gasteiger partial charge >= 0.3 is 5.97 Å². The molecule has 3 heterocycles. The van der Waals surface area contributed by atoms with E-state index in [1.165, 1.54) is 0 Å². The van der Waals surface area contributed by atoms with E-state index in [0.29, 0.717) is 19.4 Å². The molecule has 0 aromatic carbocycles. The second-order valence-electron chi connectivity index (χ2n) is 11.8. The number of fused-ring (bicyclic) bond motifs is 2. The molecule has 0 amide bonds. The number of hydrogen-bond donors (Lipinski definition) is 6. The van der Waals surface area contributed by atoms with E-state index in [4.69, 9.17) is 28.4 Å². The lowest BCUT2D eigenvalue weighted by molar-refractivity contribution is -0.352. The maximum atomic E-state index is 11.9. The molecule has 2 saturated carbocycles. The van der Waals surface area contributed by atoms with Crippen molar-refractivity contribution in [3.05, 3.63) is 0 Å². The molecule has 0 bridgehead atoms. The molecule has 8 unspecified atom stereocenters. The van der Waals surface area contributed by atoms with Crippen molar-refractivity contribution in [3.8, 4) is 0 Å². The van der Waals surface area contributed by atoms with Gasteiger partial charge in [0.25, 0.3) is 0 Å². The first kappa shape index (κ1) is 29.5. The van der Waals surface area contributed by atoms with Gasteiger partial charge in [-0.15, -0.1) is 0 Å². The fraction of sp³-hybridized carbons (Fsp3) is 0.962. The fourth-order valence-corrected chi connectivity index (χ4v) is 6.36. The molecule has 0 aromatic heterocycles. The minimum absolute atomic E-state index is 0.0289. The Bertz CT molecular complexity index is 845. The number of aliphatic hydroxyl groups is 5. The van der Waals surface area contributed by atoms with Crippen molar-refractivity contribution in [2.45, 2.75) is 126 Å². The van der Waals surface area contributed by atoms with Crippen LogP contribution in [0.1, 0.15) is 46.0 Å². The third-order valence-electron chi connectivity index (χ3n) is 8.97. The number of carbonyl (C=O) groups is 1. The van der Waals surface area contributed by atoms with Crippen LogP contribution in [0.25, 0.3) is 0 Å². The van der Waals surface area contributed by atoms with Crippen LogP contribution in [-0.2, 0) is 33.2 Å². The molecule has 6 N–H and O–H groups in total. The predicted octanol–water partition coefficient (Wildman–Crippen LogP) is -1.25. The molecule has 5 aliphatic rings. The third-order valence-corrected chi connectivity index (χ3v) is 8.97. The first-order valence-corrected chi connectivity index (χ1v) is 14.0. The summed E-state index contributed by atoms with van der Waals surface area (Å²) in [7, 11) is 0. The normalized spacial score (nSPS) is 52.5. The smallest absolute Gasteiger partial charge is 0.332 e. The molecule has 224 valence electrons. The summed E-state index contributed by atoms with van der Waals surface area (Å²) in [6, 6.07) is 0. The summed E-state index contributed by atoms with van der Waals surface area (Å²) in [5, 5.41) is 61.4. The van der Waals surface area contributed by atoms with Crippen molar-refractivity contribution in [1.29, 1.82) is 0 Å². The van der Waals surface area contributed by atoms with E-state index in [1.54, 1.807) is 6.92 Å². The molecule has 2 aliphatic carbocycles. The van der Waals surface area contributed by atoms with Crippen LogP contribution in [0.2, 0.25) is 0 Å². The van der Waals surface area contributed by atoms with Crippen LogP contribution in [0.15, 0.2) is 0 Å². The Labute approximate surface area is 226 Å². The summed E-state index contributed by atoms with van der Waals surface area (Å²) in [5.41, 5.74) is 0. The van der Waals surface area contributed by atoms with Gasteiger partial charge < -0.3 is 59.1 Å². The van der Waals surface area contributed by atoms with Crippen molar-refractivity contribution in [1.82, 2.24) is 0 Å². The van der Waals surface area contributed by atoms with Gasteiger partial charge in [0.05, 0.1) is 31.5 Å². The topological polar surface area (TPSA) is 194 Å². The molecule has 0 radical (unpaired) electrons. The zero-order valence-electron chi connectivity index (χ0n) is 22.2. The SMILES string of the molecule is CC1O[C@@H](OC2[C@H](C)CCC[C@H]2O[C@@H]2OC(CO)[C@H](O)C3O[C@@H](C(=O)O)CC4CC4COC32)[C@@H](O)C(O)[C@@H]1O. The molecule has 13 nitrogen and oxygen atoms in total. The molecule has 13 heteroatoms. The highest BCUT2D eigenvalue weighted by molar-refractivity contribution is 5.72. The predicted molar refractivity (Wildman–Crippen MR) is 129 cm³/mol. The maximum absolute atomic E-state index is 11.9. The van der Waals surface area contributed by atoms with Crippen molar-refractivity contribution < 1.29 is 63.9 Å². The monoisotopic (exact) mass is 562 g/mol. The van der Waals surface area contributed by atoms with Gasteiger partial charge in [-0.2, -0.15) is 0 Å². The maximum Gasteiger partial charge on any atom is 0.332 e. The Morgan fingerprint density at radius 3 is 2.33 bits per heavy atom. The number of rotatable bonds is 6. The molecular formula is C26H42O13. The van der Waals surface area contributed by atoms with E-state index < -0.39 is 92.3 Å². The number of ether oxygens (including phenoxy) is 6. The number of aliphatic hydroxyl groups excluding tert-OH is 5. The molecule has 3 saturated heterocycles. The van der Waals surface area contributed by atoms with Crippen LogP contribution in [0, 0.1) is 17.8 Å². The number of carboxylic acid groups (broad SMARTS) is 1. The summed E-state index contributed by atoms with van der Waals surface area (Å²) in [6.45, 7) is 3.34. The van der Waals surface area contributed by atoms with Crippen LogP contribution in [0.5, 0.6) is 0 Å². The summed E-state index contributed by atoms with van der Waals surface area (Å²) < 4.78 is 36.3. The zero-order valence-corrected chi connectivity index (χ0v) is 22.2. The van der Waals surface area contributed by atoms with Gasteiger partial charge in [0.15, 0.2) is 18.7 Å². The van der Waals surface area contributed by atoms with Crippen molar-refractivity contribution in [3.63, 3.8) is 0 Å². The standard InChI is InChI=1S/C26H42O13/c1-10-4-3-5-14(21(10)39-25-20(31)19(30)17(28)11(2)35-25)37-26-23-22(18(29)16(8-27)38-26)36-15(24(32)33)7-12-6-13(12)9-34-23/h10-23,25-31H,3-9H2,1-2H3,(H,32,33)/t10-,11?,12?,13?,14-,15-,16?,17-,18+,19?,20+,21?,22?,23?,25+,26-/m1/s1. The Balaban J connectivity index is 1.35. The second-order valence-corrected chi connectivity index (χ2v) is 11.8. The summed E-state index contributed by atoms with van der Waals surface area (Å²) >= 11 is 0. The van der Waals surface area contributed by atoms with Crippen LogP contribution >= 0.6 is 0 Å². The number of carboxylic acids is 1. The van der Waals surface area contributed by atoms with E-state index in [0.717, 1.165) is 19.3 Å². The molecule has 39 heavy (non-hydrogen) atoms. The van der Waals surface area contributed by atoms with Crippen molar-refractivity contribution in [2.75, 3.05) is 13.2 Å². The van der Waals surface area contributed by atoms with Gasteiger partial charge in [-0.05, 0) is 50.4 Å². The molecule has 5 fully saturated rings. The van der Waals surface area contributed by atoms with Crippen LogP contribution < -0.4 is 0 Å². The summed E-state index contributed by atoms with van der Waals surface area (Å²) in [4.78, 5) is 11.9. The van der Waals surface area contributed by atoms with E-state index in [1.807, 2.05) is 6.92 Å². The third kappa shape index (κ3) is 6.14. The average Bonchev–Trinajstić information content (AvgIpc) is 3.64. The fourth-order valence-electron chi connectivity index (χ4n) is 6.36. The highest BCUT2D eigenvalue weighted by Crippen LogP contribution is 2.45. The Kier molecular flexibility index (Phi) is 9.16. The Hall–Kier alpha value is -0.970. The lowest BCUT2D eigenvalue weighted by Gasteiger charge is -2.47. The Morgan fingerprint density at radius 2 is 1.62 bits per heavy atom. The highest BCUT2D eigenvalue weighted by Gasteiger charge is 2.54. The summed E-state index contributed by atoms with van der Waals surface area (Å²) in [5.74, 6) is -0.812. The highest BCUT2D eigenvalue weighted by atomic mass is 16.7. The lowest BCUT2D eigenvalue weighted by Crippen LogP contribution is -2.63. The van der Waals surface area contributed by atoms with Crippen LogP contribution in [0.4, 0.5) is 0 Å². The largest absolute Gasteiger partial charge is 0.479 e. The lowest BCUT2D eigenvalue weighted by atomic mass is 9.85. The zero-order chi connectivity index (χ0) is 28.0. The van der Waals surface area contributed by atoms with Crippen molar-refractivity contribution >= 4 is 5.97 Å². The molecule has 5 rings (SSSR count). The van der Waals surface area contributed by atoms with Gasteiger partial charge in [0, 0.05) is 0 Å². The quantitative estimate of drug-likeness (QED) is 0.225. The van der Waals surface area contributed by atoms with Crippen LogP contribution in [0.3, 0.4) is 0 Å². The first-order chi connectivity index (χ1) is 18.6. The minimum atomic E-state index is -1.47. The van der Waals surface area contributed by atoms with Crippen LogP contribution in [-0.4, -0.2) is 130 Å². The molecule has 0 aromatic rings. The van der Waals surface area contributed by atoms with Crippen molar-refractivity contribution in [2.24, 2.45) is 17.8 Å². The van der Waals surface area contributed by atoms with E-state index in [2.05, 4.69) is 0 Å². The minimum Gasteiger partial charge on any atom is -0.479 e. The number of aliphatic carboxylic acids is 1. The van der Waals surface area contributed by atoms with E-state index in [9.17, 15) is 35.4 Å². The number of hydrogen-bond acceptors (Lipinski definition) is 12. The Morgan fingerprint density at radius 1 is 0.846 bits per heavy atom. The van der Waals surface area contributed by atoms with Gasteiger partial charge in [-0.25, -0.2) is 4.79 Å². The second kappa shape index (κ2) is 12.1.